The average Bonchev–Trinajstić information content (AvgIpc) is 2.29. The van der Waals surface area contributed by atoms with Crippen LogP contribution in [0, 0.1) is 17.3 Å². The van der Waals surface area contributed by atoms with Crippen LogP contribution in [0.25, 0.3) is 0 Å². The molecule has 0 aromatic rings. The van der Waals surface area contributed by atoms with Crippen molar-refractivity contribution in [2.75, 3.05) is 0 Å². The molecular weight excluding hydrogens is 220 g/mol. The highest BCUT2D eigenvalue weighted by Gasteiger charge is 2.53. The highest BCUT2D eigenvalue weighted by atomic mass is 16.4. The molecule has 17 heavy (non-hydrogen) atoms. The standard InChI is InChI=1S/C13H18O4/c1-13(12(16)17)9-5-3-2-4-8(9)6-7-10(13)11(14)15/h6,9-10H,2-5,7H2,1H3,(H,14,15)(H,16,17). The first kappa shape index (κ1) is 12.1. The normalized spacial score (nSPS) is 36.9. The van der Waals surface area contributed by atoms with Gasteiger partial charge in [0.1, 0.15) is 0 Å². The summed E-state index contributed by atoms with van der Waals surface area (Å²) in [6, 6.07) is 0. The first-order valence-electron chi connectivity index (χ1n) is 6.13. The van der Waals surface area contributed by atoms with Crippen molar-refractivity contribution in [2.24, 2.45) is 17.3 Å². The fourth-order valence-electron chi connectivity index (χ4n) is 3.38. The smallest absolute Gasteiger partial charge is 0.310 e. The highest BCUT2D eigenvalue weighted by molar-refractivity contribution is 5.84. The van der Waals surface area contributed by atoms with E-state index in [1.807, 2.05) is 6.08 Å². The van der Waals surface area contributed by atoms with Gasteiger partial charge in [0.05, 0.1) is 11.3 Å². The van der Waals surface area contributed by atoms with Crippen LogP contribution >= 0.6 is 0 Å². The molecule has 2 aliphatic rings. The quantitative estimate of drug-likeness (QED) is 0.724. The van der Waals surface area contributed by atoms with Crippen LogP contribution in [0.4, 0.5) is 0 Å². The van der Waals surface area contributed by atoms with Crippen LogP contribution < -0.4 is 0 Å². The zero-order valence-electron chi connectivity index (χ0n) is 9.98. The molecule has 2 aliphatic carbocycles. The Balaban J connectivity index is 2.43. The van der Waals surface area contributed by atoms with Crippen molar-refractivity contribution >= 4 is 11.9 Å². The SMILES string of the molecule is CC1(C(=O)O)C(C(=O)O)CC=C2CCCCC21. The first-order chi connectivity index (χ1) is 7.98. The molecule has 0 amide bonds. The Labute approximate surface area is 100 Å². The monoisotopic (exact) mass is 238 g/mol. The molecule has 0 radical (unpaired) electrons. The van der Waals surface area contributed by atoms with Gasteiger partial charge in [-0.1, -0.05) is 18.1 Å². The third-order valence-electron chi connectivity index (χ3n) is 4.48. The van der Waals surface area contributed by atoms with Gasteiger partial charge in [-0.25, -0.2) is 0 Å². The van der Waals surface area contributed by atoms with Crippen LogP contribution in [0.1, 0.15) is 39.0 Å². The lowest BCUT2D eigenvalue weighted by molar-refractivity contribution is -0.166. The second-order valence-corrected chi connectivity index (χ2v) is 5.29. The molecule has 4 heteroatoms. The van der Waals surface area contributed by atoms with E-state index in [0.29, 0.717) is 6.42 Å². The van der Waals surface area contributed by atoms with E-state index in [1.54, 1.807) is 6.92 Å². The second kappa shape index (κ2) is 4.17. The number of aliphatic carboxylic acids is 2. The molecule has 0 spiro atoms. The maximum atomic E-state index is 11.6. The number of fused-ring (bicyclic) bond motifs is 1. The van der Waals surface area contributed by atoms with Gasteiger partial charge in [-0.2, -0.15) is 0 Å². The van der Waals surface area contributed by atoms with Gasteiger partial charge in [0.25, 0.3) is 0 Å². The molecule has 0 bridgehead atoms. The fraction of sp³-hybridized carbons (Fsp3) is 0.692. The summed E-state index contributed by atoms with van der Waals surface area (Å²) >= 11 is 0. The van der Waals surface area contributed by atoms with E-state index in [9.17, 15) is 19.8 Å². The first-order valence-corrected chi connectivity index (χ1v) is 6.13. The van der Waals surface area contributed by atoms with Crippen LogP contribution in [0.3, 0.4) is 0 Å². The fourth-order valence-corrected chi connectivity index (χ4v) is 3.38. The number of carboxylic acid groups (broad SMARTS) is 2. The summed E-state index contributed by atoms with van der Waals surface area (Å²) in [6.07, 6.45) is 6.14. The van der Waals surface area contributed by atoms with E-state index < -0.39 is 23.3 Å². The van der Waals surface area contributed by atoms with Crippen LogP contribution in [0.15, 0.2) is 11.6 Å². The summed E-state index contributed by atoms with van der Waals surface area (Å²) in [7, 11) is 0. The summed E-state index contributed by atoms with van der Waals surface area (Å²) < 4.78 is 0. The van der Waals surface area contributed by atoms with Gasteiger partial charge in [-0.05, 0) is 38.5 Å². The van der Waals surface area contributed by atoms with E-state index in [4.69, 9.17) is 0 Å². The van der Waals surface area contributed by atoms with E-state index in [0.717, 1.165) is 25.7 Å². The molecule has 0 heterocycles. The van der Waals surface area contributed by atoms with E-state index in [1.165, 1.54) is 5.57 Å². The van der Waals surface area contributed by atoms with E-state index in [-0.39, 0.29) is 5.92 Å². The number of hydrogen-bond donors (Lipinski definition) is 2. The molecule has 0 saturated heterocycles. The predicted molar refractivity (Wildman–Crippen MR) is 61.5 cm³/mol. The van der Waals surface area contributed by atoms with Crippen LogP contribution in [0.2, 0.25) is 0 Å². The van der Waals surface area contributed by atoms with Crippen LogP contribution in [-0.2, 0) is 9.59 Å². The molecule has 0 aliphatic heterocycles. The summed E-state index contributed by atoms with van der Waals surface area (Å²) in [4.78, 5) is 22.8. The topological polar surface area (TPSA) is 74.6 Å². The largest absolute Gasteiger partial charge is 0.481 e. The lowest BCUT2D eigenvalue weighted by atomic mass is 9.57. The molecule has 0 aromatic carbocycles. The highest BCUT2D eigenvalue weighted by Crippen LogP contribution is 2.51. The Hall–Kier alpha value is -1.32. The summed E-state index contributed by atoms with van der Waals surface area (Å²) in [5, 5.41) is 18.7. The number of hydrogen-bond acceptors (Lipinski definition) is 2. The molecule has 2 N–H and O–H groups in total. The lowest BCUT2D eigenvalue weighted by Gasteiger charge is -2.44. The Bertz CT molecular complexity index is 385. The number of rotatable bonds is 2. The molecule has 3 unspecified atom stereocenters. The van der Waals surface area contributed by atoms with Crippen molar-refractivity contribution in [3.63, 3.8) is 0 Å². The molecule has 1 saturated carbocycles. The van der Waals surface area contributed by atoms with Crippen molar-refractivity contribution < 1.29 is 19.8 Å². The van der Waals surface area contributed by atoms with Gasteiger partial charge in [-0.3, -0.25) is 9.59 Å². The van der Waals surface area contributed by atoms with Gasteiger partial charge in [-0.15, -0.1) is 0 Å². The van der Waals surface area contributed by atoms with E-state index >= 15 is 0 Å². The van der Waals surface area contributed by atoms with Crippen molar-refractivity contribution in [1.29, 1.82) is 0 Å². The minimum absolute atomic E-state index is 0.0939. The van der Waals surface area contributed by atoms with Crippen molar-refractivity contribution in [3.8, 4) is 0 Å². The van der Waals surface area contributed by atoms with Crippen LogP contribution in [-0.4, -0.2) is 22.2 Å². The zero-order valence-corrected chi connectivity index (χ0v) is 9.98. The third-order valence-corrected chi connectivity index (χ3v) is 4.48. The Morgan fingerprint density at radius 1 is 1.35 bits per heavy atom. The van der Waals surface area contributed by atoms with Crippen molar-refractivity contribution in [1.82, 2.24) is 0 Å². The molecular formula is C13H18O4. The van der Waals surface area contributed by atoms with Gasteiger partial charge < -0.3 is 10.2 Å². The van der Waals surface area contributed by atoms with Crippen LogP contribution in [0.5, 0.6) is 0 Å². The molecule has 1 fully saturated rings. The second-order valence-electron chi connectivity index (χ2n) is 5.29. The Morgan fingerprint density at radius 3 is 2.65 bits per heavy atom. The Kier molecular flexibility index (Phi) is 2.98. The molecule has 3 atom stereocenters. The minimum atomic E-state index is -1.14. The van der Waals surface area contributed by atoms with Gasteiger partial charge in [0, 0.05) is 0 Å². The van der Waals surface area contributed by atoms with Crippen molar-refractivity contribution in [2.45, 2.75) is 39.0 Å². The number of carboxylic acids is 2. The van der Waals surface area contributed by atoms with Gasteiger partial charge >= 0.3 is 11.9 Å². The summed E-state index contributed by atoms with van der Waals surface area (Å²) in [6.45, 7) is 1.61. The molecule has 0 aromatic heterocycles. The molecule has 2 rings (SSSR count). The number of allylic oxidation sites excluding steroid dienone is 2. The number of carbonyl (C=O) groups is 2. The predicted octanol–water partition coefficient (Wildman–Crippen LogP) is 2.30. The maximum Gasteiger partial charge on any atom is 0.310 e. The molecule has 94 valence electrons. The maximum absolute atomic E-state index is 11.6. The summed E-state index contributed by atoms with van der Waals surface area (Å²) in [5.41, 5.74) is 0.0229. The van der Waals surface area contributed by atoms with Gasteiger partial charge in [0.2, 0.25) is 0 Å². The van der Waals surface area contributed by atoms with E-state index in [2.05, 4.69) is 0 Å². The molecule has 4 nitrogen and oxygen atoms in total. The van der Waals surface area contributed by atoms with Gasteiger partial charge in [0.15, 0.2) is 0 Å². The van der Waals surface area contributed by atoms with Crippen molar-refractivity contribution in [3.05, 3.63) is 11.6 Å². The minimum Gasteiger partial charge on any atom is -0.481 e. The zero-order chi connectivity index (χ0) is 12.6. The Morgan fingerprint density at radius 2 is 2.06 bits per heavy atom. The summed E-state index contributed by atoms with van der Waals surface area (Å²) in [5.74, 6) is -2.85. The lowest BCUT2D eigenvalue weighted by Crippen LogP contribution is -2.49. The average molecular weight is 238 g/mol. The third kappa shape index (κ3) is 1.75.